The second-order valence-electron chi connectivity index (χ2n) is 5.36. The normalized spacial score (nSPS) is 80.0. The van der Waals surface area contributed by atoms with Crippen LogP contribution in [-0.4, -0.2) is 23.9 Å². The molecular formula is C10H12O2. The average Bonchev–Trinajstić information content (AvgIpc) is 2.49. The van der Waals surface area contributed by atoms with E-state index in [-0.39, 0.29) is 0 Å². The van der Waals surface area contributed by atoms with E-state index in [1.54, 1.807) is 0 Å². The summed E-state index contributed by atoms with van der Waals surface area (Å²) in [6.07, 6.45) is 6.06. The molecule has 7 atom stereocenters. The molecule has 6 aliphatic rings. The minimum atomic E-state index is 0.343. The summed E-state index contributed by atoms with van der Waals surface area (Å²) in [5.74, 6) is 2.75. The van der Waals surface area contributed by atoms with Crippen molar-refractivity contribution in [2.24, 2.45) is 17.8 Å². The van der Waals surface area contributed by atoms with Gasteiger partial charge < -0.3 is 9.47 Å². The molecule has 1 spiro atoms. The molecule has 6 unspecified atom stereocenters. The monoisotopic (exact) mass is 164 g/mol. The van der Waals surface area contributed by atoms with Crippen LogP contribution in [0.25, 0.3) is 0 Å². The van der Waals surface area contributed by atoms with E-state index in [4.69, 9.17) is 9.47 Å². The van der Waals surface area contributed by atoms with E-state index >= 15 is 0 Å². The van der Waals surface area contributed by atoms with Gasteiger partial charge in [-0.2, -0.15) is 0 Å². The largest absolute Gasteiger partial charge is 0.371 e. The molecule has 3 aliphatic heterocycles. The Morgan fingerprint density at radius 1 is 1.08 bits per heavy atom. The summed E-state index contributed by atoms with van der Waals surface area (Å²) in [6.45, 7) is 0. The lowest BCUT2D eigenvalue weighted by molar-refractivity contribution is -0.227. The summed E-state index contributed by atoms with van der Waals surface area (Å²) in [7, 11) is 0. The Balaban J connectivity index is 1.72. The van der Waals surface area contributed by atoms with Crippen LogP contribution < -0.4 is 0 Å². The maximum absolute atomic E-state index is 5.97. The first-order valence-electron chi connectivity index (χ1n) is 5.21. The Bertz CT molecular complexity index is 282. The molecule has 64 valence electrons. The van der Waals surface area contributed by atoms with Crippen LogP contribution in [0, 0.1) is 17.8 Å². The molecular weight excluding hydrogens is 152 g/mol. The third-order valence-electron chi connectivity index (χ3n) is 5.09. The fourth-order valence-electron chi connectivity index (χ4n) is 4.76. The number of rotatable bonds is 0. The van der Waals surface area contributed by atoms with E-state index in [0.29, 0.717) is 23.9 Å². The van der Waals surface area contributed by atoms with Gasteiger partial charge in [-0.25, -0.2) is 0 Å². The lowest BCUT2D eigenvalue weighted by Gasteiger charge is -2.49. The highest BCUT2D eigenvalue weighted by Crippen LogP contribution is 2.73. The van der Waals surface area contributed by atoms with Crippen LogP contribution in [0.2, 0.25) is 0 Å². The maximum Gasteiger partial charge on any atom is 0.0900 e. The van der Waals surface area contributed by atoms with Crippen LogP contribution >= 0.6 is 0 Å². The molecule has 3 saturated heterocycles. The number of hydrogen-bond donors (Lipinski definition) is 0. The summed E-state index contributed by atoms with van der Waals surface area (Å²) < 4.78 is 11.6. The second-order valence-corrected chi connectivity index (χ2v) is 5.36. The molecule has 0 radical (unpaired) electrons. The van der Waals surface area contributed by atoms with E-state index in [0.717, 1.165) is 17.8 Å². The molecule has 2 heteroatoms. The lowest BCUT2D eigenvalue weighted by atomic mass is 9.73. The Labute approximate surface area is 71.2 Å². The number of hydrogen-bond acceptors (Lipinski definition) is 2. The SMILES string of the molecule is C1C2OC2C2C1C1C[C@]23CC1O3. The van der Waals surface area contributed by atoms with Crippen molar-refractivity contribution in [3.8, 4) is 0 Å². The Morgan fingerprint density at radius 3 is 2.83 bits per heavy atom. The zero-order chi connectivity index (χ0) is 7.50. The Kier molecular flexibility index (Phi) is 0.600. The van der Waals surface area contributed by atoms with Gasteiger partial charge in [-0.3, -0.25) is 0 Å². The van der Waals surface area contributed by atoms with Crippen molar-refractivity contribution in [1.29, 1.82) is 0 Å². The van der Waals surface area contributed by atoms with Crippen molar-refractivity contribution < 1.29 is 9.47 Å². The van der Waals surface area contributed by atoms with E-state index in [2.05, 4.69) is 0 Å². The van der Waals surface area contributed by atoms with Gasteiger partial charge in [0.05, 0.1) is 23.9 Å². The number of ether oxygens (including phenoxy) is 2. The second kappa shape index (κ2) is 1.28. The van der Waals surface area contributed by atoms with Crippen molar-refractivity contribution in [3.05, 3.63) is 0 Å². The standard InChI is InChI=1S/C10H12O2/c1-4-5-2-10(3-7(5)12-10)8(4)9-6(1)11-9/h4-9H,1-3H2/t4?,5?,6?,7?,8?,9?,10-/m0/s1. The molecule has 0 aromatic rings. The van der Waals surface area contributed by atoms with Crippen molar-refractivity contribution >= 4 is 0 Å². The molecule has 6 fully saturated rings. The third-order valence-corrected chi connectivity index (χ3v) is 5.09. The molecule has 3 saturated carbocycles. The molecule has 0 aromatic heterocycles. The molecule has 2 nitrogen and oxygen atoms in total. The molecule has 0 N–H and O–H groups in total. The van der Waals surface area contributed by atoms with Crippen molar-refractivity contribution in [2.75, 3.05) is 0 Å². The summed E-state index contributed by atoms with van der Waals surface area (Å²) >= 11 is 0. The average molecular weight is 164 g/mol. The van der Waals surface area contributed by atoms with Crippen LogP contribution in [0.4, 0.5) is 0 Å². The predicted octanol–water partition coefficient (Wildman–Crippen LogP) is 0.951. The van der Waals surface area contributed by atoms with E-state index < -0.39 is 0 Å². The first-order valence-corrected chi connectivity index (χ1v) is 5.21. The van der Waals surface area contributed by atoms with Crippen LogP contribution in [0.1, 0.15) is 19.3 Å². The van der Waals surface area contributed by atoms with Crippen LogP contribution in [0.5, 0.6) is 0 Å². The minimum Gasteiger partial charge on any atom is -0.371 e. The van der Waals surface area contributed by atoms with Crippen molar-refractivity contribution in [2.45, 2.75) is 43.2 Å². The Hall–Kier alpha value is -0.0800. The highest BCUT2D eigenvalue weighted by Gasteiger charge is 2.78. The van der Waals surface area contributed by atoms with E-state index in [9.17, 15) is 0 Å². The quantitative estimate of drug-likeness (QED) is 0.497. The Morgan fingerprint density at radius 2 is 2.00 bits per heavy atom. The summed E-state index contributed by atoms with van der Waals surface area (Å²) in [5, 5.41) is 0. The van der Waals surface area contributed by atoms with Gasteiger partial charge in [0.15, 0.2) is 0 Å². The smallest absolute Gasteiger partial charge is 0.0900 e. The highest BCUT2D eigenvalue weighted by molar-refractivity contribution is 5.26. The molecule has 3 aliphatic carbocycles. The molecule has 3 heterocycles. The molecule has 6 rings (SSSR count). The predicted molar refractivity (Wildman–Crippen MR) is 40.6 cm³/mol. The van der Waals surface area contributed by atoms with Crippen LogP contribution in [-0.2, 0) is 9.47 Å². The molecule has 0 amide bonds. The zero-order valence-corrected chi connectivity index (χ0v) is 6.90. The van der Waals surface area contributed by atoms with Gasteiger partial charge in [0.1, 0.15) is 0 Å². The van der Waals surface area contributed by atoms with Gasteiger partial charge in [0.2, 0.25) is 0 Å². The summed E-state index contributed by atoms with van der Waals surface area (Å²) in [6, 6.07) is 0. The van der Waals surface area contributed by atoms with Gasteiger partial charge in [-0.05, 0) is 24.7 Å². The third kappa shape index (κ3) is 0.359. The van der Waals surface area contributed by atoms with Crippen LogP contribution in [0.15, 0.2) is 0 Å². The van der Waals surface area contributed by atoms with Crippen molar-refractivity contribution in [3.63, 3.8) is 0 Å². The van der Waals surface area contributed by atoms with Crippen molar-refractivity contribution in [1.82, 2.24) is 0 Å². The fraction of sp³-hybridized carbons (Fsp3) is 1.00. The van der Waals surface area contributed by atoms with Gasteiger partial charge >= 0.3 is 0 Å². The summed E-state index contributed by atoms with van der Waals surface area (Å²) in [4.78, 5) is 0. The highest BCUT2D eigenvalue weighted by atomic mass is 16.6. The van der Waals surface area contributed by atoms with Gasteiger partial charge in [0.25, 0.3) is 0 Å². The topological polar surface area (TPSA) is 21.8 Å². The first-order chi connectivity index (χ1) is 5.87. The van der Waals surface area contributed by atoms with Gasteiger partial charge in [0, 0.05) is 12.3 Å². The molecule has 12 heavy (non-hydrogen) atoms. The molecule has 3 bridgehead atoms. The first kappa shape index (κ1) is 5.61. The van der Waals surface area contributed by atoms with Gasteiger partial charge in [-0.15, -0.1) is 0 Å². The zero-order valence-electron chi connectivity index (χ0n) is 6.90. The van der Waals surface area contributed by atoms with E-state index in [1.807, 2.05) is 0 Å². The van der Waals surface area contributed by atoms with E-state index in [1.165, 1.54) is 19.3 Å². The number of fused-ring (bicyclic) bond motifs is 3. The van der Waals surface area contributed by atoms with Crippen LogP contribution in [0.3, 0.4) is 0 Å². The molecule has 0 aromatic carbocycles. The maximum atomic E-state index is 5.97. The summed E-state index contributed by atoms with van der Waals surface area (Å²) in [5.41, 5.74) is 0.343. The minimum absolute atomic E-state index is 0.343. The van der Waals surface area contributed by atoms with Gasteiger partial charge in [-0.1, -0.05) is 0 Å². The number of epoxide rings is 1. The lowest BCUT2D eigenvalue weighted by Crippen LogP contribution is -2.55. The fourth-order valence-corrected chi connectivity index (χ4v) is 4.76.